The molecule has 0 radical (unpaired) electrons. The Morgan fingerprint density at radius 2 is 1.88 bits per heavy atom. The number of aliphatic imine (C=N–C) groups is 1. The molecule has 0 saturated carbocycles. The van der Waals surface area contributed by atoms with Crippen molar-refractivity contribution < 1.29 is 8.78 Å². The maximum Gasteiger partial charge on any atom is 0.161 e. The Bertz CT molecular complexity index is 438. The van der Waals surface area contributed by atoms with Crippen molar-refractivity contribution in [1.82, 2.24) is 0 Å². The van der Waals surface area contributed by atoms with Crippen molar-refractivity contribution in [1.29, 1.82) is 0 Å². The maximum atomic E-state index is 13.0. The van der Waals surface area contributed by atoms with Crippen molar-refractivity contribution in [2.45, 2.75) is 13.8 Å². The zero-order valence-corrected chi connectivity index (χ0v) is 10.6. The van der Waals surface area contributed by atoms with Crippen LogP contribution in [0.3, 0.4) is 0 Å². The summed E-state index contributed by atoms with van der Waals surface area (Å²) in [6.07, 6.45) is 0. The summed E-state index contributed by atoms with van der Waals surface area (Å²) in [6.45, 7) is 5.00. The fourth-order valence-corrected chi connectivity index (χ4v) is 2.43. The lowest BCUT2D eigenvalue weighted by Gasteiger charge is -2.27. The summed E-state index contributed by atoms with van der Waals surface area (Å²) in [5.41, 5.74) is 0.580. The first-order valence-corrected chi connectivity index (χ1v) is 6.34. The van der Waals surface area contributed by atoms with Gasteiger partial charge in [-0.3, -0.25) is 4.99 Å². The van der Waals surface area contributed by atoms with Gasteiger partial charge >= 0.3 is 0 Å². The number of hydrogen-bond acceptors (Lipinski definition) is 3. The highest BCUT2D eigenvalue weighted by molar-refractivity contribution is 8.14. The van der Waals surface area contributed by atoms with Gasteiger partial charge in [0.2, 0.25) is 0 Å². The highest BCUT2D eigenvalue weighted by atomic mass is 32.2. The van der Waals surface area contributed by atoms with Gasteiger partial charge in [-0.1, -0.05) is 25.6 Å². The summed E-state index contributed by atoms with van der Waals surface area (Å²) in [4.78, 5) is 4.36. The largest absolute Gasteiger partial charge is 0.335 e. The molecule has 1 aliphatic rings. The lowest BCUT2D eigenvalue weighted by atomic mass is 9.97. The zero-order chi connectivity index (χ0) is 12.5. The van der Waals surface area contributed by atoms with E-state index >= 15 is 0 Å². The summed E-state index contributed by atoms with van der Waals surface area (Å²) in [7, 11) is 0. The second kappa shape index (κ2) is 4.64. The molecule has 0 spiro atoms. The molecule has 0 bridgehead atoms. The zero-order valence-electron chi connectivity index (χ0n) is 9.76. The Kier molecular flexibility index (Phi) is 3.38. The van der Waals surface area contributed by atoms with Crippen molar-refractivity contribution in [3.8, 4) is 0 Å². The van der Waals surface area contributed by atoms with Crippen LogP contribution in [-0.4, -0.2) is 17.5 Å². The number of benzene rings is 1. The van der Waals surface area contributed by atoms with Crippen LogP contribution in [0, 0.1) is 17.0 Å². The van der Waals surface area contributed by atoms with Crippen molar-refractivity contribution in [2.75, 3.05) is 17.6 Å². The van der Waals surface area contributed by atoms with Crippen molar-refractivity contribution in [2.24, 2.45) is 10.4 Å². The smallest absolute Gasteiger partial charge is 0.161 e. The van der Waals surface area contributed by atoms with Crippen LogP contribution in [0.2, 0.25) is 0 Å². The van der Waals surface area contributed by atoms with Crippen LogP contribution in [0.4, 0.5) is 14.5 Å². The molecular formula is C12H14F2N2S. The molecule has 1 heterocycles. The van der Waals surface area contributed by atoms with Crippen LogP contribution in [0.1, 0.15) is 13.8 Å². The van der Waals surface area contributed by atoms with E-state index < -0.39 is 11.6 Å². The monoisotopic (exact) mass is 256 g/mol. The van der Waals surface area contributed by atoms with E-state index in [1.54, 1.807) is 11.8 Å². The van der Waals surface area contributed by atoms with Gasteiger partial charge in [-0.15, -0.1) is 0 Å². The molecule has 0 aromatic heterocycles. The van der Waals surface area contributed by atoms with E-state index in [4.69, 9.17) is 0 Å². The minimum absolute atomic E-state index is 0.184. The predicted molar refractivity (Wildman–Crippen MR) is 68.5 cm³/mol. The molecule has 2 nitrogen and oxygen atoms in total. The standard InChI is InChI=1S/C12H14F2N2S/c1-12(2)6-15-11(17-7-12)16-10-4-8(13)3-9(14)5-10/h3-5H,6-7H2,1-2H3,(H,15,16). The molecule has 1 N–H and O–H groups in total. The van der Waals surface area contributed by atoms with Crippen LogP contribution in [0.5, 0.6) is 0 Å². The SMILES string of the molecule is CC1(C)CN=C(Nc2cc(F)cc(F)c2)SC1. The number of thioether (sulfide) groups is 1. The molecule has 92 valence electrons. The van der Waals surface area contributed by atoms with Crippen LogP contribution >= 0.6 is 11.8 Å². The van der Waals surface area contributed by atoms with Gasteiger partial charge in [0.1, 0.15) is 11.6 Å². The molecule has 1 aromatic rings. The number of hydrogen-bond donors (Lipinski definition) is 1. The molecule has 5 heteroatoms. The van der Waals surface area contributed by atoms with Gasteiger partial charge in [0.25, 0.3) is 0 Å². The van der Waals surface area contributed by atoms with E-state index in [2.05, 4.69) is 24.2 Å². The predicted octanol–water partition coefficient (Wildman–Crippen LogP) is 3.51. The van der Waals surface area contributed by atoms with Crippen molar-refractivity contribution in [3.05, 3.63) is 29.8 Å². The lowest BCUT2D eigenvalue weighted by molar-refractivity contribution is 0.438. The quantitative estimate of drug-likeness (QED) is 0.831. The summed E-state index contributed by atoms with van der Waals surface area (Å²) < 4.78 is 26.0. The van der Waals surface area contributed by atoms with Gasteiger partial charge in [-0.25, -0.2) is 8.78 Å². The normalized spacial score (nSPS) is 18.7. The molecule has 0 fully saturated rings. The number of rotatable bonds is 1. The molecule has 1 aliphatic heterocycles. The minimum Gasteiger partial charge on any atom is -0.335 e. The van der Waals surface area contributed by atoms with E-state index in [0.717, 1.165) is 18.4 Å². The van der Waals surface area contributed by atoms with Gasteiger partial charge < -0.3 is 5.32 Å². The van der Waals surface area contributed by atoms with Gasteiger partial charge in [-0.2, -0.15) is 0 Å². The molecule has 0 atom stereocenters. The van der Waals surface area contributed by atoms with Gasteiger partial charge in [0.05, 0.1) is 0 Å². The Balaban J connectivity index is 2.09. The Morgan fingerprint density at radius 1 is 1.24 bits per heavy atom. The van der Waals surface area contributed by atoms with Gasteiger partial charge in [0.15, 0.2) is 5.17 Å². The van der Waals surface area contributed by atoms with Crippen LogP contribution < -0.4 is 5.32 Å². The van der Waals surface area contributed by atoms with Crippen LogP contribution in [0.15, 0.2) is 23.2 Å². The third-order valence-corrected chi connectivity index (χ3v) is 3.79. The fourth-order valence-electron chi connectivity index (χ4n) is 1.47. The molecule has 0 amide bonds. The molecule has 0 saturated heterocycles. The molecule has 2 rings (SSSR count). The summed E-state index contributed by atoms with van der Waals surface area (Å²) in [5.74, 6) is -0.236. The minimum atomic E-state index is -0.589. The highest BCUT2D eigenvalue weighted by Gasteiger charge is 2.23. The van der Waals surface area contributed by atoms with Gasteiger partial charge in [-0.05, 0) is 17.5 Å². The first kappa shape index (κ1) is 12.4. The second-order valence-electron chi connectivity index (χ2n) is 4.86. The number of nitrogens with one attached hydrogen (secondary N) is 1. The first-order valence-electron chi connectivity index (χ1n) is 5.35. The molecule has 17 heavy (non-hydrogen) atoms. The highest BCUT2D eigenvalue weighted by Crippen LogP contribution is 2.28. The third kappa shape index (κ3) is 3.43. The average Bonchev–Trinajstić information content (AvgIpc) is 2.20. The van der Waals surface area contributed by atoms with E-state index in [1.165, 1.54) is 12.1 Å². The van der Waals surface area contributed by atoms with Gasteiger partial charge in [0, 0.05) is 24.1 Å². The van der Waals surface area contributed by atoms with Crippen LogP contribution in [0.25, 0.3) is 0 Å². The van der Waals surface area contributed by atoms with E-state index in [9.17, 15) is 8.78 Å². The number of anilines is 1. The van der Waals surface area contributed by atoms with E-state index in [-0.39, 0.29) is 5.41 Å². The van der Waals surface area contributed by atoms with Crippen molar-refractivity contribution in [3.63, 3.8) is 0 Å². The summed E-state index contributed by atoms with van der Waals surface area (Å²) >= 11 is 1.57. The Morgan fingerprint density at radius 3 is 2.41 bits per heavy atom. The molecule has 0 unspecified atom stereocenters. The average molecular weight is 256 g/mol. The third-order valence-electron chi connectivity index (χ3n) is 2.36. The molecule has 1 aromatic carbocycles. The summed E-state index contributed by atoms with van der Waals surface area (Å²) in [5, 5.41) is 3.65. The van der Waals surface area contributed by atoms with Crippen molar-refractivity contribution >= 4 is 22.6 Å². The molecule has 0 aliphatic carbocycles. The fraction of sp³-hybridized carbons (Fsp3) is 0.417. The Hall–Kier alpha value is -1.10. The lowest BCUT2D eigenvalue weighted by Crippen LogP contribution is -2.27. The first-order chi connectivity index (χ1) is 7.94. The summed E-state index contributed by atoms with van der Waals surface area (Å²) in [6, 6.07) is 3.36. The maximum absolute atomic E-state index is 13.0. The second-order valence-corrected chi connectivity index (χ2v) is 5.82. The number of halogens is 2. The van der Waals surface area contributed by atoms with E-state index in [0.29, 0.717) is 10.9 Å². The Labute approximate surface area is 104 Å². The number of amidine groups is 1. The topological polar surface area (TPSA) is 24.4 Å². The number of nitrogens with zero attached hydrogens (tertiary/aromatic N) is 1. The molecular weight excluding hydrogens is 242 g/mol. The van der Waals surface area contributed by atoms with Crippen LogP contribution in [-0.2, 0) is 0 Å². The van der Waals surface area contributed by atoms with E-state index in [1.807, 2.05) is 0 Å².